The zero-order chi connectivity index (χ0) is 22.6. The van der Waals surface area contributed by atoms with E-state index in [1.54, 1.807) is 13.3 Å². The number of pyridine rings is 1. The minimum atomic E-state index is -0.872. The van der Waals surface area contributed by atoms with Gasteiger partial charge in [0.25, 0.3) is 0 Å². The van der Waals surface area contributed by atoms with E-state index in [4.69, 9.17) is 21.1 Å². The monoisotopic (exact) mass is 474 g/mol. The fourth-order valence-electron chi connectivity index (χ4n) is 4.78. The van der Waals surface area contributed by atoms with Gasteiger partial charge >= 0.3 is 0 Å². The van der Waals surface area contributed by atoms with Gasteiger partial charge < -0.3 is 14.4 Å². The first-order chi connectivity index (χ1) is 16.1. The van der Waals surface area contributed by atoms with Gasteiger partial charge in [0.1, 0.15) is 17.8 Å². The zero-order valence-electron chi connectivity index (χ0n) is 17.7. The Morgan fingerprint density at radius 3 is 2.70 bits per heavy atom. The number of para-hydroxylation sites is 1. The van der Waals surface area contributed by atoms with Gasteiger partial charge in [-0.1, -0.05) is 35.9 Å². The number of hydrogen-bond acceptors (Lipinski definition) is 5. The number of amides is 1. The molecule has 164 valence electrons. The lowest BCUT2D eigenvalue weighted by molar-refractivity contribution is -0.122. The van der Waals surface area contributed by atoms with Gasteiger partial charge in [-0.25, -0.2) is 4.98 Å². The Labute approximate surface area is 200 Å². The first-order valence-electron chi connectivity index (χ1n) is 10.5. The van der Waals surface area contributed by atoms with Crippen molar-refractivity contribution in [3.63, 3.8) is 0 Å². The van der Waals surface area contributed by atoms with E-state index >= 15 is 0 Å². The van der Waals surface area contributed by atoms with Crippen LogP contribution in [0.25, 0.3) is 11.1 Å². The highest BCUT2D eigenvalue weighted by atomic mass is 35.5. The Balaban J connectivity index is 1.46. The van der Waals surface area contributed by atoms with Crippen molar-refractivity contribution in [2.24, 2.45) is 0 Å². The van der Waals surface area contributed by atoms with Crippen molar-refractivity contribution in [1.29, 1.82) is 0 Å². The molecule has 4 heterocycles. The van der Waals surface area contributed by atoms with Crippen molar-refractivity contribution in [1.82, 2.24) is 4.98 Å². The van der Waals surface area contributed by atoms with Crippen LogP contribution in [0.15, 0.2) is 72.9 Å². The first kappa shape index (κ1) is 20.3. The molecule has 2 aromatic heterocycles. The van der Waals surface area contributed by atoms with Gasteiger partial charge in [0.05, 0.1) is 18.0 Å². The average molecular weight is 475 g/mol. The Morgan fingerprint density at radius 2 is 1.94 bits per heavy atom. The molecular formula is C26H19ClN2O3S. The second-order valence-corrected chi connectivity index (χ2v) is 9.91. The predicted molar refractivity (Wildman–Crippen MR) is 129 cm³/mol. The number of thiophene rings is 1. The lowest BCUT2D eigenvalue weighted by Gasteiger charge is -2.23. The van der Waals surface area contributed by atoms with Crippen LogP contribution in [0.3, 0.4) is 0 Å². The van der Waals surface area contributed by atoms with Gasteiger partial charge in [-0.2, -0.15) is 0 Å². The summed E-state index contributed by atoms with van der Waals surface area (Å²) in [6, 6.07) is 21.6. The third kappa shape index (κ3) is 3.05. The van der Waals surface area contributed by atoms with E-state index in [0.717, 1.165) is 38.6 Å². The second kappa shape index (κ2) is 7.61. The van der Waals surface area contributed by atoms with Crippen LogP contribution in [0.4, 0.5) is 5.69 Å². The normalized spacial score (nSPS) is 18.4. The van der Waals surface area contributed by atoms with Crippen LogP contribution in [-0.4, -0.2) is 24.6 Å². The number of benzene rings is 2. The smallest absolute Gasteiger partial charge is 0.246 e. The molecule has 6 rings (SSSR count). The molecule has 0 fully saturated rings. The fraction of sp³-hybridized carbons (Fsp3) is 0.154. The van der Waals surface area contributed by atoms with E-state index in [1.807, 2.05) is 65.6 Å². The lowest BCUT2D eigenvalue weighted by Crippen LogP contribution is -2.42. The molecular weight excluding hydrogens is 456 g/mol. The number of aromatic nitrogens is 1. The number of methoxy groups -OCH3 is 1. The van der Waals surface area contributed by atoms with E-state index in [0.29, 0.717) is 16.8 Å². The summed E-state index contributed by atoms with van der Waals surface area (Å²) in [7, 11) is 1.59. The van der Waals surface area contributed by atoms with Crippen molar-refractivity contribution in [3.8, 4) is 22.8 Å². The molecule has 1 spiro atoms. The molecule has 0 aliphatic carbocycles. The summed E-state index contributed by atoms with van der Waals surface area (Å²) in [5.41, 5.74) is 3.83. The summed E-state index contributed by atoms with van der Waals surface area (Å²) in [5, 5.41) is 0. The molecule has 0 radical (unpaired) electrons. The number of halogens is 1. The van der Waals surface area contributed by atoms with Crippen molar-refractivity contribution in [2.75, 3.05) is 18.6 Å². The van der Waals surface area contributed by atoms with Crippen LogP contribution < -0.4 is 14.4 Å². The van der Waals surface area contributed by atoms with E-state index in [2.05, 4.69) is 11.1 Å². The molecule has 0 N–H and O–H groups in total. The summed E-state index contributed by atoms with van der Waals surface area (Å²) in [4.78, 5) is 21.3. The van der Waals surface area contributed by atoms with E-state index in [9.17, 15) is 4.79 Å². The molecule has 4 aromatic rings. The standard InChI is InChI=1S/C26H19ClN2O3S/c1-31-24-11-7-17(13-28-24)16-6-9-22-20(12-16)26(15-32-22)19-4-2-3-5-21(19)29(25(26)30)14-18-8-10-23(27)33-18/h2-13H,14-15H2,1H3. The zero-order valence-corrected chi connectivity index (χ0v) is 19.3. The topological polar surface area (TPSA) is 51.7 Å². The molecule has 2 aromatic carbocycles. The minimum Gasteiger partial charge on any atom is -0.491 e. The predicted octanol–water partition coefficient (Wildman–Crippen LogP) is 5.70. The van der Waals surface area contributed by atoms with Crippen molar-refractivity contribution >= 4 is 34.5 Å². The molecule has 1 amide bonds. The van der Waals surface area contributed by atoms with Gasteiger partial charge in [-0.3, -0.25) is 4.79 Å². The largest absolute Gasteiger partial charge is 0.491 e. The molecule has 0 saturated heterocycles. The van der Waals surface area contributed by atoms with Crippen LogP contribution in [0.1, 0.15) is 16.0 Å². The maximum Gasteiger partial charge on any atom is 0.246 e. The number of carbonyl (C=O) groups is 1. The van der Waals surface area contributed by atoms with Gasteiger partial charge in [0.2, 0.25) is 11.8 Å². The van der Waals surface area contributed by atoms with Crippen LogP contribution in [-0.2, 0) is 16.8 Å². The fourth-order valence-corrected chi connectivity index (χ4v) is 5.86. The third-order valence-electron chi connectivity index (χ3n) is 6.37. The van der Waals surface area contributed by atoms with Gasteiger partial charge in [0, 0.05) is 34.0 Å². The lowest BCUT2D eigenvalue weighted by atomic mass is 9.76. The second-order valence-electron chi connectivity index (χ2n) is 8.11. The Kier molecular flexibility index (Phi) is 4.67. The number of anilines is 1. The van der Waals surface area contributed by atoms with E-state index < -0.39 is 5.41 Å². The van der Waals surface area contributed by atoms with Gasteiger partial charge in [-0.05, 0) is 47.5 Å². The summed E-state index contributed by atoms with van der Waals surface area (Å²) < 4.78 is 12.0. The highest BCUT2D eigenvalue weighted by Crippen LogP contribution is 2.53. The number of fused-ring (bicyclic) bond motifs is 4. The van der Waals surface area contributed by atoms with Crippen molar-refractivity contribution < 1.29 is 14.3 Å². The molecule has 0 saturated carbocycles. The number of nitrogens with zero attached hydrogens (tertiary/aromatic N) is 2. The van der Waals surface area contributed by atoms with E-state index in [-0.39, 0.29) is 12.5 Å². The quantitative estimate of drug-likeness (QED) is 0.381. The number of carbonyl (C=O) groups excluding carboxylic acids is 1. The Morgan fingerprint density at radius 1 is 1.09 bits per heavy atom. The molecule has 0 bridgehead atoms. The third-order valence-corrected chi connectivity index (χ3v) is 7.59. The maximum atomic E-state index is 14.1. The Hall–Kier alpha value is -3.35. The SMILES string of the molecule is COc1ccc(-c2ccc3c(c2)C2(CO3)C(=O)N(Cc3ccc(Cl)s3)c3ccccc32)cn1. The van der Waals surface area contributed by atoms with Crippen LogP contribution in [0.2, 0.25) is 4.34 Å². The number of rotatable bonds is 4. The molecule has 5 nitrogen and oxygen atoms in total. The highest BCUT2D eigenvalue weighted by molar-refractivity contribution is 7.16. The highest BCUT2D eigenvalue weighted by Gasteiger charge is 2.56. The van der Waals surface area contributed by atoms with Gasteiger partial charge in [-0.15, -0.1) is 11.3 Å². The first-order valence-corrected chi connectivity index (χ1v) is 11.7. The van der Waals surface area contributed by atoms with Crippen molar-refractivity contribution in [3.05, 3.63) is 93.3 Å². The summed E-state index contributed by atoms with van der Waals surface area (Å²) >= 11 is 7.64. The minimum absolute atomic E-state index is 0.0250. The van der Waals surface area contributed by atoms with Crippen molar-refractivity contribution in [2.45, 2.75) is 12.0 Å². The number of ether oxygens (including phenoxy) is 2. The molecule has 2 aliphatic rings. The maximum absolute atomic E-state index is 14.1. The van der Waals surface area contributed by atoms with E-state index in [1.165, 1.54) is 11.3 Å². The summed E-state index contributed by atoms with van der Waals surface area (Å²) in [6.07, 6.45) is 1.78. The van der Waals surface area contributed by atoms with Crippen LogP contribution >= 0.6 is 22.9 Å². The summed E-state index contributed by atoms with van der Waals surface area (Å²) in [5.74, 6) is 1.32. The summed E-state index contributed by atoms with van der Waals surface area (Å²) in [6.45, 7) is 0.761. The van der Waals surface area contributed by atoms with Crippen LogP contribution in [0, 0.1) is 0 Å². The molecule has 1 atom stereocenters. The molecule has 7 heteroatoms. The molecule has 2 aliphatic heterocycles. The van der Waals surface area contributed by atoms with Gasteiger partial charge in [0.15, 0.2) is 0 Å². The Bertz CT molecular complexity index is 1380. The van der Waals surface area contributed by atoms with Crippen LogP contribution in [0.5, 0.6) is 11.6 Å². The molecule has 1 unspecified atom stereocenters. The number of hydrogen-bond donors (Lipinski definition) is 0. The average Bonchev–Trinajstić information content (AvgIpc) is 3.51. The molecule has 33 heavy (non-hydrogen) atoms.